The Morgan fingerprint density at radius 1 is 1.33 bits per heavy atom. The molecule has 0 saturated carbocycles. The van der Waals surface area contributed by atoms with Crippen LogP contribution in [-0.4, -0.2) is 15.2 Å². The van der Waals surface area contributed by atoms with E-state index in [1.165, 1.54) is 10.5 Å². The van der Waals surface area contributed by atoms with E-state index < -0.39 is 0 Å². The fourth-order valence-corrected chi connectivity index (χ4v) is 2.03. The fourth-order valence-electron chi connectivity index (χ4n) is 1.12. The Balaban J connectivity index is 1.96. The van der Waals surface area contributed by atoms with Gasteiger partial charge in [0, 0.05) is 4.90 Å². The highest BCUT2D eigenvalue weighted by Crippen LogP contribution is 2.21. The van der Waals surface area contributed by atoms with Crippen LogP contribution in [0.3, 0.4) is 0 Å². The van der Waals surface area contributed by atoms with Crippen LogP contribution in [0.15, 0.2) is 29.2 Å². The largest absolute Gasteiger partial charge is 0.261 e. The second-order valence-electron chi connectivity index (χ2n) is 3.15. The molecule has 2 aromatic rings. The zero-order chi connectivity index (χ0) is 10.7. The molecule has 3 nitrogen and oxygen atoms in total. The van der Waals surface area contributed by atoms with Crippen LogP contribution in [0.25, 0.3) is 0 Å². The summed E-state index contributed by atoms with van der Waals surface area (Å²) in [5.41, 5.74) is 1.27. The molecule has 0 fully saturated rings. The minimum absolute atomic E-state index is 0.273. The summed E-state index contributed by atoms with van der Waals surface area (Å²) < 4.78 is 0. The summed E-state index contributed by atoms with van der Waals surface area (Å²) in [5, 5.41) is 6.80. The van der Waals surface area contributed by atoms with Crippen molar-refractivity contribution < 1.29 is 0 Å². The Morgan fingerprint density at radius 3 is 2.67 bits per heavy atom. The summed E-state index contributed by atoms with van der Waals surface area (Å²) >= 11 is 7.30. The number of H-pyrrole nitrogens is 1. The van der Waals surface area contributed by atoms with Crippen LogP contribution in [0.1, 0.15) is 11.4 Å². The van der Waals surface area contributed by atoms with Gasteiger partial charge in [-0.05, 0) is 30.7 Å². The molecule has 2 rings (SSSR count). The highest BCUT2D eigenvalue weighted by molar-refractivity contribution is 7.98. The minimum atomic E-state index is 0.273. The first-order valence-corrected chi connectivity index (χ1v) is 5.86. The molecule has 0 bridgehead atoms. The number of hydrogen-bond donors (Lipinski definition) is 1. The molecule has 0 atom stereocenters. The number of benzene rings is 1. The van der Waals surface area contributed by atoms with E-state index in [9.17, 15) is 0 Å². The summed E-state index contributed by atoms with van der Waals surface area (Å²) in [4.78, 5) is 5.24. The van der Waals surface area contributed by atoms with Crippen LogP contribution in [0, 0.1) is 6.92 Å². The van der Waals surface area contributed by atoms with E-state index in [1.807, 2.05) is 0 Å². The van der Waals surface area contributed by atoms with Crippen LogP contribution < -0.4 is 0 Å². The monoisotopic (exact) mass is 239 g/mol. The molecule has 0 saturated heterocycles. The summed E-state index contributed by atoms with van der Waals surface area (Å²) in [6.45, 7) is 2.07. The molecule has 0 aliphatic rings. The zero-order valence-electron chi connectivity index (χ0n) is 8.20. The third-order valence-corrected chi connectivity index (χ3v) is 3.09. The lowest BCUT2D eigenvalue weighted by Crippen LogP contribution is -1.83. The van der Waals surface area contributed by atoms with Gasteiger partial charge in [-0.1, -0.05) is 17.7 Å². The standard InChI is InChI=1S/C10H10ClN3S/c1-7-2-4-8(5-3-7)15-6-9-12-10(11)14-13-9/h2-5H,6H2,1H3,(H,12,13,14). The Kier molecular flexibility index (Phi) is 3.28. The van der Waals surface area contributed by atoms with Crippen LogP contribution in [0.4, 0.5) is 0 Å². The van der Waals surface area contributed by atoms with Crippen LogP contribution in [0.2, 0.25) is 5.28 Å². The van der Waals surface area contributed by atoms with E-state index in [0.29, 0.717) is 0 Å². The van der Waals surface area contributed by atoms with Crippen molar-refractivity contribution in [2.24, 2.45) is 0 Å². The number of nitrogens with one attached hydrogen (secondary N) is 1. The average molecular weight is 240 g/mol. The normalized spacial score (nSPS) is 10.5. The number of nitrogens with zero attached hydrogens (tertiary/aromatic N) is 2. The molecule has 1 aromatic carbocycles. The molecule has 0 spiro atoms. The van der Waals surface area contributed by atoms with Gasteiger partial charge in [0.15, 0.2) is 0 Å². The Hall–Kier alpha value is -1.00. The molecule has 78 valence electrons. The molecule has 5 heteroatoms. The lowest BCUT2D eigenvalue weighted by molar-refractivity contribution is 1.02. The van der Waals surface area contributed by atoms with Gasteiger partial charge in [-0.2, -0.15) is 0 Å². The molecule has 0 amide bonds. The van der Waals surface area contributed by atoms with Crippen molar-refractivity contribution in [3.05, 3.63) is 40.9 Å². The Morgan fingerprint density at radius 2 is 2.07 bits per heavy atom. The maximum absolute atomic E-state index is 5.60. The highest BCUT2D eigenvalue weighted by Gasteiger charge is 2.01. The van der Waals surface area contributed by atoms with Crippen molar-refractivity contribution in [2.45, 2.75) is 17.6 Å². The predicted octanol–water partition coefficient (Wildman–Crippen LogP) is 3.06. The molecule has 1 heterocycles. The van der Waals surface area contributed by atoms with Crippen molar-refractivity contribution in [3.63, 3.8) is 0 Å². The fraction of sp³-hybridized carbons (Fsp3) is 0.200. The third-order valence-electron chi connectivity index (χ3n) is 1.90. The number of aromatic nitrogens is 3. The van der Waals surface area contributed by atoms with Gasteiger partial charge >= 0.3 is 0 Å². The molecule has 1 aromatic heterocycles. The van der Waals surface area contributed by atoms with Gasteiger partial charge in [-0.3, -0.25) is 5.10 Å². The maximum Gasteiger partial charge on any atom is 0.242 e. The molecule has 0 aliphatic carbocycles. The van der Waals surface area contributed by atoms with Gasteiger partial charge in [-0.15, -0.1) is 16.9 Å². The quantitative estimate of drug-likeness (QED) is 0.837. The first-order chi connectivity index (χ1) is 7.24. The smallest absolute Gasteiger partial charge is 0.242 e. The summed E-state index contributed by atoms with van der Waals surface area (Å²) in [5.74, 6) is 1.55. The number of thioether (sulfide) groups is 1. The minimum Gasteiger partial charge on any atom is -0.261 e. The van der Waals surface area contributed by atoms with E-state index in [1.54, 1.807) is 11.8 Å². The second-order valence-corrected chi connectivity index (χ2v) is 4.54. The van der Waals surface area contributed by atoms with Crippen LogP contribution in [0.5, 0.6) is 0 Å². The van der Waals surface area contributed by atoms with Crippen LogP contribution >= 0.6 is 23.4 Å². The number of aryl methyl sites for hydroxylation is 1. The van der Waals surface area contributed by atoms with E-state index in [0.717, 1.165) is 11.6 Å². The Labute approximate surface area is 97.3 Å². The van der Waals surface area contributed by atoms with Crippen molar-refractivity contribution in [1.29, 1.82) is 0 Å². The zero-order valence-corrected chi connectivity index (χ0v) is 9.77. The Bertz CT molecular complexity index is 438. The third kappa shape index (κ3) is 2.97. The van der Waals surface area contributed by atoms with Crippen molar-refractivity contribution in [1.82, 2.24) is 15.2 Å². The number of hydrogen-bond acceptors (Lipinski definition) is 3. The van der Waals surface area contributed by atoms with E-state index in [-0.39, 0.29) is 5.28 Å². The van der Waals surface area contributed by atoms with Gasteiger partial charge in [0.25, 0.3) is 0 Å². The summed E-state index contributed by atoms with van der Waals surface area (Å²) in [6, 6.07) is 8.38. The topological polar surface area (TPSA) is 41.6 Å². The van der Waals surface area contributed by atoms with Crippen molar-refractivity contribution >= 4 is 23.4 Å². The number of halogens is 1. The first-order valence-electron chi connectivity index (χ1n) is 4.50. The van der Waals surface area contributed by atoms with Gasteiger partial charge in [0.1, 0.15) is 5.82 Å². The van der Waals surface area contributed by atoms with Gasteiger partial charge in [0.2, 0.25) is 5.28 Å². The molecule has 0 radical (unpaired) electrons. The van der Waals surface area contributed by atoms with Crippen molar-refractivity contribution in [3.8, 4) is 0 Å². The van der Waals surface area contributed by atoms with Gasteiger partial charge < -0.3 is 0 Å². The van der Waals surface area contributed by atoms with Crippen LogP contribution in [-0.2, 0) is 5.75 Å². The lowest BCUT2D eigenvalue weighted by atomic mass is 10.2. The first kappa shape index (κ1) is 10.5. The maximum atomic E-state index is 5.60. The molecule has 15 heavy (non-hydrogen) atoms. The molecule has 1 N–H and O–H groups in total. The average Bonchev–Trinajstić information content (AvgIpc) is 2.64. The second kappa shape index (κ2) is 4.68. The van der Waals surface area contributed by atoms with Gasteiger partial charge in [0.05, 0.1) is 5.75 Å². The predicted molar refractivity (Wildman–Crippen MR) is 62.1 cm³/mol. The number of rotatable bonds is 3. The lowest BCUT2D eigenvalue weighted by Gasteiger charge is -1.99. The van der Waals surface area contributed by atoms with Gasteiger partial charge in [-0.25, -0.2) is 4.98 Å². The number of aromatic amines is 1. The molecule has 0 unspecified atom stereocenters. The summed E-state index contributed by atoms with van der Waals surface area (Å²) in [7, 11) is 0. The van der Waals surface area contributed by atoms with E-state index in [2.05, 4.69) is 46.4 Å². The SMILES string of the molecule is Cc1ccc(SCc2nc(Cl)n[nH]2)cc1. The molecular formula is C10H10ClN3S. The highest BCUT2D eigenvalue weighted by atomic mass is 35.5. The molecular weight excluding hydrogens is 230 g/mol. The van der Waals surface area contributed by atoms with Crippen molar-refractivity contribution in [2.75, 3.05) is 0 Å². The van der Waals surface area contributed by atoms with E-state index >= 15 is 0 Å². The van der Waals surface area contributed by atoms with E-state index in [4.69, 9.17) is 11.6 Å². The molecule has 0 aliphatic heterocycles. The summed E-state index contributed by atoms with van der Waals surface area (Å²) in [6.07, 6.45) is 0.